The molecule has 0 saturated carbocycles. The Morgan fingerprint density at radius 2 is 1.73 bits per heavy atom. The predicted molar refractivity (Wildman–Crippen MR) is 114 cm³/mol. The Kier molecular flexibility index (Phi) is 5.11. The summed E-state index contributed by atoms with van der Waals surface area (Å²) in [5.41, 5.74) is 5.16. The summed E-state index contributed by atoms with van der Waals surface area (Å²) in [5, 5.41) is 8.74. The lowest BCUT2D eigenvalue weighted by molar-refractivity contribution is 0.183. The molecule has 0 bridgehead atoms. The lowest BCUT2D eigenvalue weighted by atomic mass is 10.1. The Balaban J connectivity index is 1.30. The van der Waals surface area contributed by atoms with Crippen molar-refractivity contribution in [2.45, 2.75) is 19.4 Å². The van der Waals surface area contributed by atoms with E-state index in [1.165, 1.54) is 0 Å². The molecule has 1 saturated heterocycles. The van der Waals surface area contributed by atoms with E-state index in [0.717, 1.165) is 60.4 Å². The first kappa shape index (κ1) is 18.7. The SMILES string of the molecule is Cn1cc(-c2cccc(-c3ncc(-c4cnn(CCC5CCOC5)c4)cn3)c2)cn1. The lowest BCUT2D eigenvalue weighted by Crippen LogP contribution is -2.06. The highest BCUT2D eigenvalue weighted by atomic mass is 16.5. The van der Waals surface area contributed by atoms with Gasteiger partial charge in [-0.2, -0.15) is 10.2 Å². The van der Waals surface area contributed by atoms with Crippen molar-refractivity contribution in [1.29, 1.82) is 0 Å². The molecule has 0 radical (unpaired) electrons. The highest BCUT2D eigenvalue weighted by Crippen LogP contribution is 2.25. The van der Waals surface area contributed by atoms with Gasteiger partial charge < -0.3 is 4.74 Å². The fourth-order valence-corrected chi connectivity index (χ4v) is 3.80. The molecular formula is C23H24N6O. The van der Waals surface area contributed by atoms with Crippen molar-refractivity contribution in [3.63, 3.8) is 0 Å². The second-order valence-electron chi connectivity index (χ2n) is 7.79. The normalized spacial score (nSPS) is 16.2. The van der Waals surface area contributed by atoms with Gasteiger partial charge in [0.15, 0.2) is 5.82 Å². The van der Waals surface area contributed by atoms with E-state index in [1.807, 2.05) is 54.8 Å². The third-order valence-corrected chi connectivity index (χ3v) is 5.57. The van der Waals surface area contributed by atoms with Crippen LogP contribution in [0.15, 0.2) is 61.4 Å². The number of aryl methyl sites for hydroxylation is 2. The first-order valence-electron chi connectivity index (χ1n) is 10.3. The van der Waals surface area contributed by atoms with Gasteiger partial charge in [-0.3, -0.25) is 9.36 Å². The summed E-state index contributed by atoms with van der Waals surface area (Å²) in [6.07, 6.45) is 13.8. The van der Waals surface area contributed by atoms with E-state index < -0.39 is 0 Å². The second kappa shape index (κ2) is 8.20. The molecule has 30 heavy (non-hydrogen) atoms. The lowest BCUT2D eigenvalue weighted by Gasteiger charge is -2.06. The van der Waals surface area contributed by atoms with E-state index in [9.17, 15) is 0 Å². The minimum atomic E-state index is 0.655. The van der Waals surface area contributed by atoms with E-state index >= 15 is 0 Å². The zero-order valence-electron chi connectivity index (χ0n) is 17.0. The third kappa shape index (κ3) is 4.02. The number of ether oxygens (including phenoxy) is 1. The van der Waals surface area contributed by atoms with Gasteiger partial charge in [0, 0.05) is 73.8 Å². The van der Waals surface area contributed by atoms with Crippen molar-refractivity contribution >= 4 is 0 Å². The van der Waals surface area contributed by atoms with Crippen LogP contribution in [0, 0.1) is 5.92 Å². The molecule has 0 N–H and O–H groups in total. The molecular weight excluding hydrogens is 376 g/mol. The number of aromatic nitrogens is 6. The average Bonchev–Trinajstić information content (AvgIpc) is 3.55. The highest BCUT2D eigenvalue weighted by molar-refractivity contribution is 5.70. The molecule has 1 unspecified atom stereocenters. The summed E-state index contributed by atoms with van der Waals surface area (Å²) in [4.78, 5) is 9.20. The van der Waals surface area contributed by atoms with Crippen LogP contribution in [-0.2, 0) is 18.3 Å². The highest BCUT2D eigenvalue weighted by Gasteiger charge is 2.15. The molecule has 7 heteroatoms. The molecule has 5 rings (SSSR count). The van der Waals surface area contributed by atoms with E-state index in [1.54, 1.807) is 4.68 Å². The van der Waals surface area contributed by atoms with Crippen molar-refractivity contribution in [3.05, 3.63) is 61.4 Å². The number of hydrogen-bond donors (Lipinski definition) is 0. The monoisotopic (exact) mass is 400 g/mol. The van der Waals surface area contributed by atoms with Gasteiger partial charge in [0.2, 0.25) is 0 Å². The molecule has 7 nitrogen and oxygen atoms in total. The molecule has 1 aliphatic heterocycles. The molecule has 4 aromatic rings. The number of rotatable bonds is 6. The number of hydrogen-bond acceptors (Lipinski definition) is 5. The molecule has 4 heterocycles. The maximum atomic E-state index is 5.45. The summed E-state index contributed by atoms with van der Waals surface area (Å²) in [6, 6.07) is 8.21. The summed E-state index contributed by atoms with van der Waals surface area (Å²) in [5.74, 6) is 1.36. The van der Waals surface area contributed by atoms with Crippen molar-refractivity contribution in [1.82, 2.24) is 29.5 Å². The Morgan fingerprint density at radius 1 is 0.933 bits per heavy atom. The molecule has 0 aliphatic carbocycles. The first-order chi connectivity index (χ1) is 14.7. The van der Waals surface area contributed by atoms with Gasteiger partial charge in [0.25, 0.3) is 0 Å². The molecule has 1 atom stereocenters. The Morgan fingerprint density at radius 3 is 2.50 bits per heavy atom. The largest absolute Gasteiger partial charge is 0.381 e. The van der Waals surface area contributed by atoms with Crippen LogP contribution in [0.2, 0.25) is 0 Å². The van der Waals surface area contributed by atoms with Crippen LogP contribution in [-0.4, -0.2) is 42.7 Å². The first-order valence-corrected chi connectivity index (χ1v) is 10.3. The summed E-state index contributed by atoms with van der Waals surface area (Å²) in [6.45, 7) is 2.68. The van der Waals surface area contributed by atoms with Crippen molar-refractivity contribution in [2.24, 2.45) is 13.0 Å². The molecule has 1 aliphatic rings. The van der Waals surface area contributed by atoms with E-state index in [4.69, 9.17) is 4.74 Å². The van der Waals surface area contributed by atoms with Gasteiger partial charge in [-0.25, -0.2) is 9.97 Å². The molecule has 0 spiro atoms. The molecule has 1 fully saturated rings. The van der Waals surface area contributed by atoms with Gasteiger partial charge >= 0.3 is 0 Å². The van der Waals surface area contributed by atoms with E-state index in [2.05, 4.69) is 38.5 Å². The molecule has 152 valence electrons. The van der Waals surface area contributed by atoms with Gasteiger partial charge in [0.1, 0.15) is 0 Å². The quantitative estimate of drug-likeness (QED) is 0.492. The Labute approximate surface area is 175 Å². The molecule has 3 aromatic heterocycles. The smallest absolute Gasteiger partial charge is 0.159 e. The van der Waals surface area contributed by atoms with Crippen LogP contribution < -0.4 is 0 Å². The predicted octanol–water partition coefficient (Wildman–Crippen LogP) is 3.83. The minimum absolute atomic E-state index is 0.655. The van der Waals surface area contributed by atoms with Crippen LogP contribution in [0.4, 0.5) is 0 Å². The fourth-order valence-electron chi connectivity index (χ4n) is 3.80. The van der Waals surface area contributed by atoms with Crippen LogP contribution in [0.25, 0.3) is 33.6 Å². The molecule has 1 aromatic carbocycles. The van der Waals surface area contributed by atoms with Crippen LogP contribution in [0.1, 0.15) is 12.8 Å². The molecule has 0 amide bonds. The maximum Gasteiger partial charge on any atom is 0.159 e. The second-order valence-corrected chi connectivity index (χ2v) is 7.79. The fraction of sp³-hybridized carbons (Fsp3) is 0.304. The van der Waals surface area contributed by atoms with Crippen molar-refractivity contribution in [3.8, 4) is 33.6 Å². The zero-order valence-corrected chi connectivity index (χ0v) is 17.0. The zero-order chi connectivity index (χ0) is 20.3. The summed E-state index contributed by atoms with van der Waals surface area (Å²) < 4.78 is 9.25. The van der Waals surface area contributed by atoms with Gasteiger partial charge in [-0.15, -0.1) is 0 Å². The average molecular weight is 400 g/mol. The standard InChI is InChI=1S/C23H24N6O/c1-28-14-21(12-26-28)18-3-2-4-19(9-18)23-24-10-20(11-25-23)22-13-27-29(15-22)7-5-17-6-8-30-16-17/h2-4,9-15,17H,5-8,16H2,1H3. The van der Waals surface area contributed by atoms with E-state index in [-0.39, 0.29) is 0 Å². The summed E-state index contributed by atoms with van der Waals surface area (Å²) >= 11 is 0. The van der Waals surface area contributed by atoms with Crippen molar-refractivity contribution < 1.29 is 4.74 Å². The van der Waals surface area contributed by atoms with E-state index in [0.29, 0.717) is 11.7 Å². The maximum absolute atomic E-state index is 5.45. The number of benzene rings is 1. The minimum Gasteiger partial charge on any atom is -0.381 e. The van der Waals surface area contributed by atoms with Gasteiger partial charge in [0.05, 0.1) is 12.4 Å². The summed E-state index contributed by atoms with van der Waals surface area (Å²) in [7, 11) is 1.92. The third-order valence-electron chi connectivity index (χ3n) is 5.57. The van der Waals surface area contributed by atoms with Gasteiger partial charge in [-0.05, 0) is 30.4 Å². The van der Waals surface area contributed by atoms with Crippen LogP contribution in [0.5, 0.6) is 0 Å². The van der Waals surface area contributed by atoms with Gasteiger partial charge in [-0.1, -0.05) is 18.2 Å². The topological polar surface area (TPSA) is 70.7 Å². The van der Waals surface area contributed by atoms with Crippen LogP contribution >= 0.6 is 0 Å². The Bertz CT molecular complexity index is 1120. The van der Waals surface area contributed by atoms with Crippen molar-refractivity contribution in [2.75, 3.05) is 13.2 Å². The Hall–Kier alpha value is -3.32. The van der Waals surface area contributed by atoms with Crippen LogP contribution in [0.3, 0.4) is 0 Å². The number of nitrogens with zero attached hydrogens (tertiary/aromatic N) is 6.